The molecule has 2 atom stereocenters. The number of rotatable bonds is 5. The van der Waals surface area contributed by atoms with E-state index < -0.39 is 31.1 Å². The molecule has 0 amide bonds. The van der Waals surface area contributed by atoms with Crippen LogP contribution in [0.3, 0.4) is 0 Å². The van der Waals surface area contributed by atoms with Crippen LogP contribution in [0.4, 0.5) is 0 Å². The van der Waals surface area contributed by atoms with Crippen molar-refractivity contribution in [2.45, 2.75) is 12.2 Å². The molecule has 0 aromatic rings. The van der Waals surface area contributed by atoms with Crippen molar-refractivity contribution in [2.75, 3.05) is 13.2 Å². The van der Waals surface area contributed by atoms with Gasteiger partial charge in [-0.05, 0) is 5.53 Å². The predicted molar refractivity (Wildman–Crippen MR) is 38.1 cm³/mol. The van der Waals surface area contributed by atoms with Gasteiger partial charge in [0.25, 0.3) is 0 Å². The van der Waals surface area contributed by atoms with E-state index in [1.54, 1.807) is 0 Å². The molecule has 68 valence electrons. The molecule has 0 aromatic carbocycles. The summed E-state index contributed by atoms with van der Waals surface area (Å²) in [6, 6.07) is 0. The van der Waals surface area contributed by atoms with E-state index in [0.717, 1.165) is 0 Å². The van der Waals surface area contributed by atoms with Gasteiger partial charge in [0, 0.05) is 4.91 Å². The van der Waals surface area contributed by atoms with Gasteiger partial charge in [-0.2, -0.15) is 0 Å². The standard InChI is InChI=1S/C5H9N3O4/c6-8-7-1-3(10)5(12)4(11)2-9/h3,5,9-10,12H,1-2H2/t3-,5-/m1/s1. The Labute approximate surface area is 67.9 Å². The van der Waals surface area contributed by atoms with E-state index in [9.17, 15) is 4.79 Å². The Morgan fingerprint density at radius 1 is 1.58 bits per heavy atom. The first kappa shape index (κ1) is 10.9. The van der Waals surface area contributed by atoms with Gasteiger partial charge in [-0.3, -0.25) is 4.79 Å². The van der Waals surface area contributed by atoms with Gasteiger partial charge >= 0.3 is 0 Å². The fourth-order valence-corrected chi connectivity index (χ4v) is 0.528. The molecule has 0 aliphatic rings. The number of Topliss-reactive ketones (excluding diaryl/α,β-unsaturated/α-hetero) is 1. The summed E-state index contributed by atoms with van der Waals surface area (Å²) in [6.07, 6.45) is -3.15. The van der Waals surface area contributed by atoms with Crippen LogP contribution in [0, 0.1) is 0 Å². The van der Waals surface area contributed by atoms with Crippen LogP contribution in [0.5, 0.6) is 0 Å². The van der Waals surface area contributed by atoms with Gasteiger partial charge in [0.15, 0.2) is 5.78 Å². The highest BCUT2D eigenvalue weighted by Gasteiger charge is 2.22. The molecule has 0 radical (unpaired) electrons. The largest absolute Gasteiger partial charge is 0.390 e. The Hall–Kier alpha value is -1.14. The summed E-state index contributed by atoms with van der Waals surface area (Å²) in [5, 5.41) is 29.0. The zero-order chi connectivity index (χ0) is 9.56. The lowest BCUT2D eigenvalue weighted by Gasteiger charge is -2.12. The van der Waals surface area contributed by atoms with E-state index in [1.165, 1.54) is 0 Å². The number of aliphatic hydroxyl groups excluding tert-OH is 3. The molecule has 0 rings (SSSR count). The lowest BCUT2D eigenvalue weighted by atomic mass is 10.1. The van der Waals surface area contributed by atoms with Crippen LogP contribution in [0.15, 0.2) is 5.11 Å². The molecule has 0 aliphatic carbocycles. The minimum Gasteiger partial charge on any atom is -0.390 e. The van der Waals surface area contributed by atoms with Crippen molar-refractivity contribution in [3.63, 3.8) is 0 Å². The van der Waals surface area contributed by atoms with Crippen LogP contribution in [-0.4, -0.2) is 46.5 Å². The molecule has 3 N–H and O–H groups in total. The maximum Gasteiger partial charge on any atom is 0.189 e. The number of ketones is 1. The summed E-state index contributed by atoms with van der Waals surface area (Å²) in [6.45, 7) is -1.25. The number of aliphatic hydroxyl groups is 3. The molecule has 7 nitrogen and oxygen atoms in total. The minimum absolute atomic E-state index is 0.399. The number of azide groups is 1. The normalized spacial score (nSPS) is 14.6. The van der Waals surface area contributed by atoms with Crippen molar-refractivity contribution in [1.29, 1.82) is 0 Å². The van der Waals surface area contributed by atoms with Crippen molar-refractivity contribution in [2.24, 2.45) is 5.11 Å². The Kier molecular flexibility index (Phi) is 4.98. The maximum atomic E-state index is 10.5. The fraction of sp³-hybridized carbons (Fsp3) is 0.800. The van der Waals surface area contributed by atoms with Crippen LogP contribution >= 0.6 is 0 Å². The third-order valence-corrected chi connectivity index (χ3v) is 1.18. The third kappa shape index (κ3) is 3.31. The summed E-state index contributed by atoms with van der Waals surface area (Å²) in [7, 11) is 0. The van der Waals surface area contributed by atoms with Crippen molar-refractivity contribution < 1.29 is 20.1 Å². The molecule has 0 fully saturated rings. The zero-order valence-electron chi connectivity index (χ0n) is 6.16. The van der Waals surface area contributed by atoms with E-state index in [1.807, 2.05) is 0 Å². The van der Waals surface area contributed by atoms with Gasteiger partial charge in [0.2, 0.25) is 0 Å². The topological polar surface area (TPSA) is 127 Å². The molecule has 0 heterocycles. The minimum atomic E-state index is -1.69. The number of carbonyl (C=O) groups excluding carboxylic acids is 1. The quantitative estimate of drug-likeness (QED) is 0.269. The second kappa shape index (κ2) is 5.50. The second-order valence-corrected chi connectivity index (χ2v) is 2.05. The maximum absolute atomic E-state index is 10.5. The lowest BCUT2D eigenvalue weighted by Crippen LogP contribution is -2.37. The fourth-order valence-electron chi connectivity index (χ4n) is 0.528. The monoisotopic (exact) mass is 175 g/mol. The van der Waals surface area contributed by atoms with Crippen LogP contribution < -0.4 is 0 Å². The van der Waals surface area contributed by atoms with Crippen molar-refractivity contribution in [3.05, 3.63) is 10.4 Å². The zero-order valence-corrected chi connectivity index (χ0v) is 6.16. The SMILES string of the molecule is [N-]=[N+]=NC[C@@H](O)[C@@H](O)C(=O)CO. The van der Waals surface area contributed by atoms with Crippen LogP contribution in [0.2, 0.25) is 0 Å². The molecule has 0 aromatic heterocycles. The first-order chi connectivity index (χ1) is 5.63. The summed E-state index contributed by atoms with van der Waals surface area (Å²) in [5.41, 5.74) is 7.82. The average Bonchev–Trinajstić information content (AvgIpc) is 2.11. The molecule has 0 spiro atoms. The Bertz CT molecular complexity index is 201. The van der Waals surface area contributed by atoms with E-state index in [2.05, 4.69) is 10.0 Å². The van der Waals surface area contributed by atoms with Gasteiger partial charge < -0.3 is 15.3 Å². The molecule has 0 bridgehead atoms. The Balaban J connectivity index is 3.99. The van der Waals surface area contributed by atoms with E-state index >= 15 is 0 Å². The van der Waals surface area contributed by atoms with Gasteiger partial charge in [-0.15, -0.1) is 0 Å². The van der Waals surface area contributed by atoms with Crippen molar-refractivity contribution >= 4 is 5.78 Å². The van der Waals surface area contributed by atoms with Gasteiger partial charge in [0.1, 0.15) is 12.7 Å². The first-order valence-corrected chi connectivity index (χ1v) is 3.14. The molecule has 0 aliphatic heterocycles. The van der Waals surface area contributed by atoms with E-state index in [0.29, 0.717) is 0 Å². The van der Waals surface area contributed by atoms with E-state index in [-0.39, 0.29) is 0 Å². The number of carbonyl (C=O) groups is 1. The summed E-state index contributed by atoms with van der Waals surface area (Å²) >= 11 is 0. The highest BCUT2D eigenvalue weighted by atomic mass is 16.3. The Morgan fingerprint density at radius 3 is 2.58 bits per heavy atom. The summed E-state index contributed by atoms with van der Waals surface area (Å²) in [4.78, 5) is 12.8. The number of hydrogen-bond donors (Lipinski definition) is 3. The molecular formula is C5H9N3O4. The summed E-state index contributed by atoms with van der Waals surface area (Å²) in [5.74, 6) is -0.907. The van der Waals surface area contributed by atoms with Crippen molar-refractivity contribution in [3.8, 4) is 0 Å². The van der Waals surface area contributed by atoms with Gasteiger partial charge in [-0.25, -0.2) is 0 Å². The predicted octanol–water partition coefficient (Wildman–Crippen LogP) is -1.42. The Morgan fingerprint density at radius 2 is 2.17 bits per heavy atom. The van der Waals surface area contributed by atoms with Crippen molar-refractivity contribution in [1.82, 2.24) is 0 Å². The van der Waals surface area contributed by atoms with E-state index in [4.69, 9.17) is 20.9 Å². The summed E-state index contributed by atoms with van der Waals surface area (Å²) < 4.78 is 0. The smallest absolute Gasteiger partial charge is 0.189 e. The molecule has 0 unspecified atom stereocenters. The average molecular weight is 175 g/mol. The molecule has 7 heteroatoms. The number of hydrogen-bond acceptors (Lipinski definition) is 5. The highest BCUT2D eigenvalue weighted by Crippen LogP contribution is 1.95. The van der Waals surface area contributed by atoms with Crippen LogP contribution in [0.1, 0.15) is 0 Å². The van der Waals surface area contributed by atoms with Gasteiger partial charge in [0.05, 0.1) is 12.6 Å². The first-order valence-electron chi connectivity index (χ1n) is 3.14. The molecule has 0 saturated heterocycles. The highest BCUT2D eigenvalue weighted by molar-refractivity contribution is 5.84. The van der Waals surface area contributed by atoms with Crippen LogP contribution in [0.25, 0.3) is 10.4 Å². The molecule has 0 saturated carbocycles. The van der Waals surface area contributed by atoms with Gasteiger partial charge in [-0.1, -0.05) is 5.11 Å². The molecule has 12 heavy (non-hydrogen) atoms. The third-order valence-electron chi connectivity index (χ3n) is 1.18. The lowest BCUT2D eigenvalue weighted by molar-refractivity contribution is -0.135. The second-order valence-electron chi connectivity index (χ2n) is 2.05. The van der Waals surface area contributed by atoms with Crippen LogP contribution in [-0.2, 0) is 4.79 Å². The molecular weight excluding hydrogens is 166 g/mol. The number of nitrogens with zero attached hydrogens (tertiary/aromatic N) is 3.